The summed E-state index contributed by atoms with van der Waals surface area (Å²) in [5, 5.41) is 0. The second-order valence-corrected chi connectivity index (χ2v) is 8.16. The molecule has 0 N–H and O–H groups in total. The number of pyridine rings is 1. The largest absolute Gasteiger partial charge is 0.481 e. The van der Waals surface area contributed by atoms with Crippen LogP contribution in [0.5, 0.6) is 5.75 Å². The van der Waals surface area contributed by atoms with Gasteiger partial charge in [-0.3, -0.25) is 0 Å². The van der Waals surface area contributed by atoms with Gasteiger partial charge in [-0.2, -0.15) is 4.40 Å². The SMILES string of the molecule is Cc1c(C)[n+](Cc2ccc(-c3ccccc3)cc2)c2c(OCc3ccccc3)cccn12. The Morgan fingerprint density at radius 2 is 1.34 bits per heavy atom. The van der Waals surface area contributed by atoms with Crippen molar-refractivity contribution in [3.05, 3.63) is 126 Å². The van der Waals surface area contributed by atoms with Crippen LogP contribution in [0.25, 0.3) is 16.8 Å². The van der Waals surface area contributed by atoms with Crippen LogP contribution in [0, 0.1) is 13.8 Å². The lowest BCUT2D eigenvalue weighted by molar-refractivity contribution is -0.668. The number of hydrogen-bond acceptors (Lipinski definition) is 1. The summed E-state index contributed by atoms with van der Waals surface area (Å²) in [6, 6.07) is 33.8. The molecule has 0 saturated carbocycles. The third-order valence-corrected chi connectivity index (χ3v) is 6.12. The third kappa shape index (κ3) is 3.90. The fourth-order valence-electron chi connectivity index (χ4n) is 4.20. The van der Waals surface area contributed by atoms with E-state index in [9.17, 15) is 0 Å². The Morgan fingerprint density at radius 1 is 0.688 bits per heavy atom. The van der Waals surface area contributed by atoms with Crippen molar-refractivity contribution in [2.24, 2.45) is 0 Å². The predicted octanol–water partition coefficient (Wildman–Crippen LogP) is 6.14. The second-order valence-electron chi connectivity index (χ2n) is 8.16. The van der Waals surface area contributed by atoms with Crippen LogP contribution in [0.2, 0.25) is 0 Å². The lowest BCUT2D eigenvalue weighted by Gasteiger charge is -2.08. The maximum atomic E-state index is 6.29. The number of aryl methyl sites for hydroxylation is 1. The van der Waals surface area contributed by atoms with E-state index in [0.717, 1.165) is 23.5 Å². The van der Waals surface area contributed by atoms with Crippen LogP contribution in [0.1, 0.15) is 22.5 Å². The van der Waals surface area contributed by atoms with Crippen LogP contribution in [0.4, 0.5) is 0 Å². The van der Waals surface area contributed by atoms with Crippen molar-refractivity contribution in [1.29, 1.82) is 0 Å². The van der Waals surface area contributed by atoms with Gasteiger partial charge in [-0.1, -0.05) is 84.9 Å². The molecule has 0 unspecified atom stereocenters. The number of imidazole rings is 1. The van der Waals surface area contributed by atoms with Gasteiger partial charge in [0, 0.05) is 13.8 Å². The quantitative estimate of drug-likeness (QED) is 0.302. The summed E-state index contributed by atoms with van der Waals surface area (Å²) in [7, 11) is 0. The maximum absolute atomic E-state index is 6.29. The highest BCUT2D eigenvalue weighted by Crippen LogP contribution is 2.23. The predicted molar refractivity (Wildman–Crippen MR) is 129 cm³/mol. The van der Waals surface area contributed by atoms with E-state index in [4.69, 9.17) is 4.74 Å². The lowest BCUT2D eigenvalue weighted by Crippen LogP contribution is -2.36. The van der Waals surface area contributed by atoms with E-state index < -0.39 is 0 Å². The van der Waals surface area contributed by atoms with Crippen LogP contribution in [0.15, 0.2) is 103 Å². The molecule has 32 heavy (non-hydrogen) atoms. The van der Waals surface area contributed by atoms with Gasteiger partial charge in [0.25, 0.3) is 0 Å². The normalized spacial score (nSPS) is 11.1. The Morgan fingerprint density at radius 3 is 2.06 bits per heavy atom. The molecule has 0 atom stereocenters. The molecular formula is C29H27N2O+. The zero-order chi connectivity index (χ0) is 21.9. The van der Waals surface area contributed by atoms with Gasteiger partial charge >= 0.3 is 5.65 Å². The van der Waals surface area contributed by atoms with Gasteiger partial charge in [0.1, 0.15) is 24.5 Å². The average molecular weight is 420 g/mol. The van der Waals surface area contributed by atoms with Crippen molar-refractivity contribution in [2.45, 2.75) is 27.0 Å². The number of fused-ring (bicyclic) bond motifs is 1. The molecule has 0 radical (unpaired) electrons. The van der Waals surface area contributed by atoms with Crippen molar-refractivity contribution in [3.8, 4) is 16.9 Å². The Labute approximate surface area is 189 Å². The smallest absolute Gasteiger partial charge is 0.329 e. The first kappa shape index (κ1) is 20.1. The minimum absolute atomic E-state index is 0.551. The van der Waals surface area contributed by atoms with Crippen molar-refractivity contribution in [1.82, 2.24) is 4.40 Å². The van der Waals surface area contributed by atoms with Crippen molar-refractivity contribution >= 4 is 5.65 Å². The van der Waals surface area contributed by atoms with E-state index in [2.05, 4.69) is 108 Å². The summed E-state index contributed by atoms with van der Waals surface area (Å²) in [6.07, 6.45) is 2.11. The molecule has 0 spiro atoms. The zero-order valence-corrected chi connectivity index (χ0v) is 18.5. The first-order chi connectivity index (χ1) is 15.7. The number of aromatic nitrogens is 2. The highest BCUT2D eigenvalue weighted by molar-refractivity contribution is 5.63. The highest BCUT2D eigenvalue weighted by Gasteiger charge is 2.24. The fraction of sp³-hybridized carbons (Fsp3) is 0.138. The molecule has 2 aromatic heterocycles. The fourth-order valence-corrected chi connectivity index (χ4v) is 4.20. The van der Waals surface area contributed by atoms with Gasteiger partial charge in [0.05, 0.1) is 6.20 Å². The van der Waals surface area contributed by atoms with E-state index >= 15 is 0 Å². The van der Waals surface area contributed by atoms with Crippen LogP contribution in [-0.2, 0) is 13.2 Å². The number of ether oxygens (including phenoxy) is 1. The monoisotopic (exact) mass is 419 g/mol. The minimum Gasteiger partial charge on any atom is -0.481 e. The molecule has 5 rings (SSSR count). The van der Waals surface area contributed by atoms with Crippen LogP contribution in [0.3, 0.4) is 0 Å². The summed E-state index contributed by atoms with van der Waals surface area (Å²) in [5.74, 6) is 0.897. The van der Waals surface area contributed by atoms with Crippen LogP contribution in [-0.4, -0.2) is 4.40 Å². The van der Waals surface area contributed by atoms with E-state index in [1.54, 1.807) is 0 Å². The van der Waals surface area contributed by atoms with Gasteiger partial charge in [-0.15, -0.1) is 0 Å². The first-order valence-corrected chi connectivity index (χ1v) is 11.0. The Bertz CT molecular complexity index is 1340. The Hall–Kier alpha value is -3.85. The highest BCUT2D eigenvalue weighted by atomic mass is 16.5. The van der Waals surface area contributed by atoms with Crippen LogP contribution >= 0.6 is 0 Å². The van der Waals surface area contributed by atoms with Gasteiger partial charge in [0.15, 0.2) is 0 Å². The van der Waals surface area contributed by atoms with Gasteiger partial charge in [0.2, 0.25) is 5.75 Å². The molecule has 158 valence electrons. The average Bonchev–Trinajstić information content (AvgIpc) is 3.10. The molecule has 5 aromatic rings. The topological polar surface area (TPSA) is 17.5 Å². The molecule has 3 heteroatoms. The summed E-state index contributed by atoms with van der Waals surface area (Å²) in [6.45, 7) is 5.69. The van der Waals surface area contributed by atoms with E-state index in [1.165, 1.54) is 28.1 Å². The second kappa shape index (κ2) is 8.72. The number of rotatable bonds is 6. The van der Waals surface area contributed by atoms with Crippen molar-refractivity contribution < 1.29 is 9.30 Å². The minimum atomic E-state index is 0.551. The third-order valence-electron chi connectivity index (χ3n) is 6.12. The molecule has 0 fully saturated rings. The van der Waals surface area contributed by atoms with Gasteiger partial charge in [-0.25, -0.2) is 4.57 Å². The number of hydrogen-bond donors (Lipinski definition) is 0. The maximum Gasteiger partial charge on any atom is 0.329 e. The van der Waals surface area contributed by atoms with Crippen LogP contribution < -0.4 is 9.30 Å². The van der Waals surface area contributed by atoms with E-state index in [-0.39, 0.29) is 0 Å². The molecule has 2 heterocycles. The standard InChI is InChI=1S/C29H27N2O/c1-22-23(2)31(20-24-15-17-27(18-16-24)26-12-7-4-8-13-26)29-28(14-9-19-30(22)29)32-21-25-10-5-3-6-11-25/h3-19H,20-21H2,1-2H3/q+1. The molecule has 0 bridgehead atoms. The molecule has 0 aliphatic carbocycles. The molecule has 3 nitrogen and oxygen atoms in total. The molecule has 3 aromatic carbocycles. The summed E-state index contributed by atoms with van der Waals surface area (Å²) < 4.78 is 10.9. The Balaban J connectivity index is 1.47. The summed E-state index contributed by atoms with van der Waals surface area (Å²) in [5.41, 5.74) is 8.47. The number of benzene rings is 3. The number of nitrogens with zero attached hydrogens (tertiary/aromatic N) is 2. The Kier molecular flexibility index (Phi) is 5.47. The molecular weight excluding hydrogens is 392 g/mol. The molecule has 0 aliphatic heterocycles. The molecule has 0 amide bonds. The summed E-state index contributed by atoms with van der Waals surface area (Å²) >= 11 is 0. The van der Waals surface area contributed by atoms with Gasteiger partial charge in [-0.05, 0) is 34.4 Å². The zero-order valence-electron chi connectivity index (χ0n) is 18.5. The molecule has 0 saturated heterocycles. The van der Waals surface area contributed by atoms with E-state index in [0.29, 0.717) is 6.61 Å². The van der Waals surface area contributed by atoms with Gasteiger partial charge < -0.3 is 4.74 Å². The first-order valence-electron chi connectivity index (χ1n) is 11.0. The van der Waals surface area contributed by atoms with Crippen molar-refractivity contribution in [2.75, 3.05) is 0 Å². The van der Waals surface area contributed by atoms with E-state index in [1.807, 2.05) is 18.2 Å². The summed E-state index contributed by atoms with van der Waals surface area (Å²) in [4.78, 5) is 0. The lowest BCUT2D eigenvalue weighted by atomic mass is 10.0. The molecule has 0 aliphatic rings. The van der Waals surface area contributed by atoms with Crippen molar-refractivity contribution in [3.63, 3.8) is 0 Å².